The van der Waals surface area contributed by atoms with E-state index in [1.807, 2.05) is 43.4 Å². The van der Waals surface area contributed by atoms with Crippen LogP contribution in [0.5, 0.6) is 0 Å². The van der Waals surface area contributed by atoms with Crippen LogP contribution in [0.1, 0.15) is 142 Å². The van der Waals surface area contributed by atoms with Crippen molar-refractivity contribution in [1.82, 2.24) is 55.7 Å². The van der Waals surface area contributed by atoms with E-state index in [1.165, 1.54) is 80.3 Å². The summed E-state index contributed by atoms with van der Waals surface area (Å²) in [7, 11) is 2.16. The number of rotatable bonds is 5. The molecule has 7 aliphatic rings. The van der Waals surface area contributed by atoms with Gasteiger partial charge in [-0.25, -0.2) is 34.9 Å². The minimum absolute atomic E-state index is 0.00771. The molecular weight excluding hydrogens is 1040 g/mol. The average Bonchev–Trinajstić information content (AvgIpc) is 4.19. The van der Waals surface area contributed by atoms with Crippen LogP contribution in [0.25, 0.3) is 30.6 Å². The minimum Gasteiger partial charge on any atom is -0.368 e. The van der Waals surface area contributed by atoms with Crippen molar-refractivity contribution in [2.45, 2.75) is 123 Å². The smallest absolute Gasteiger partial charge is 0.261 e. The molecule has 0 aromatic carbocycles. The highest BCUT2D eigenvalue weighted by atomic mass is 32.2. The first kappa shape index (κ1) is 50.7. The van der Waals surface area contributed by atoms with Gasteiger partial charge in [-0.1, -0.05) is 81.3 Å². The van der Waals surface area contributed by atoms with Crippen molar-refractivity contribution < 1.29 is 14.4 Å². The number of carbonyl (C=O) groups excluding carboxylic acids is 3. The predicted molar refractivity (Wildman–Crippen MR) is 304 cm³/mol. The van der Waals surface area contributed by atoms with E-state index < -0.39 is 0 Å². The van der Waals surface area contributed by atoms with Gasteiger partial charge in [-0.05, 0) is 70.2 Å². The molecule has 3 saturated carbocycles. The van der Waals surface area contributed by atoms with Crippen molar-refractivity contribution in [3.8, 4) is 0 Å². The fourth-order valence-electron chi connectivity index (χ4n) is 12.9. The van der Waals surface area contributed by atoms with Gasteiger partial charge in [0.15, 0.2) is 10.3 Å². The fraction of sp³-hybridized carbons (Fsp3) is 0.519. The number of likely N-dealkylation sites (N-methyl/N-ethyl adjacent to an activating group) is 1. The third-order valence-corrected chi connectivity index (χ3v) is 21.3. The third kappa shape index (κ3) is 9.54. The van der Waals surface area contributed by atoms with E-state index in [1.54, 1.807) is 46.2 Å². The number of thioether (sulfide) groups is 2. The lowest BCUT2D eigenvalue weighted by Gasteiger charge is -2.40. The van der Waals surface area contributed by atoms with Crippen LogP contribution in [-0.4, -0.2) is 123 Å². The molecule has 0 radical (unpaired) electrons. The highest BCUT2D eigenvalue weighted by Crippen LogP contribution is 2.51. The Balaban J connectivity index is 0.000000119. The Morgan fingerprint density at radius 1 is 0.520 bits per heavy atom. The number of amides is 3. The molecule has 3 amide bonds. The first-order valence-electron chi connectivity index (χ1n) is 26.6. The van der Waals surface area contributed by atoms with Crippen LogP contribution in [0.15, 0.2) is 47.2 Å². The van der Waals surface area contributed by atoms with Crippen molar-refractivity contribution in [3.63, 3.8) is 0 Å². The van der Waals surface area contributed by atoms with Gasteiger partial charge in [0.05, 0.1) is 63.4 Å². The summed E-state index contributed by atoms with van der Waals surface area (Å²) in [4.78, 5) is 76.7. The maximum absolute atomic E-state index is 12.7. The summed E-state index contributed by atoms with van der Waals surface area (Å²) < 4.78 is 3.06. The monoisotopic (exact) mass is 1100 g/mol. The van der Waals surface area contributed by atoms with E-state index >= 15 is 0 Å². The van der Waals surface area contributed by atoms with Crippen LogP contribution in [0, 0.1) is 0 Å². The number of piperazine rings is 1. The maximum Gasteiger partial charge on any atom is 0.261 e. The molecule has 392 valence electrons. The van der Waals surface area contributed by atoms with E-state index in [4.69, 9.17) is 15.0 Å². The molecule has 4 fully saturated rings. The van der Waals surface area contributed by atoms with Gasteiger partial charge in [-0.15, -0.1) is 34.0 Å². The summed E-state index contributed by atoms with van der Waals surface area (Å²) in [5, 5.41) is 14.2. The molecule has 1 saturated heterocycles. The van der Waals surface area contributed by atoms with Crippen LogP contribution in [0.3, 0.4) is 0 Å². The lowest BCUT2D eigenvalue weighted by molar-refractivity contribution is 0.0911. The van der Waals surface area contributed by atoms with Crippen LogP contribution in [0.2, 0.25) is 0 Å². The van der Waals surface area contributed by atoms with Crippen LogP contribution < -0.4 is 26.2 Å². The zero-order chi connectivity index (χ0) is 51.3. The van der Waals surface area contributed by atoms with Gasteiger partial charge in [0.1, 0.15) is 5.82 Å². The first-order chi connectivity index (χ1) is 36.6. The highest BCUT2D eigenvalue weighted by Gasteiger charge is 2.46. The molecule has 4 aliphatic heterocycles. The summed E-state index contributed by atoms with van der Waals surface area (Å²) >= 11 is 7.73. The molecule has 3 aliphatic carbocycles. The van der Waals surface area contributed by atoms with E-state index in [9.17, 15) is 14.4 Å². The molecule has 21 heteroatoms. The van der Waals surface area contributed by atoms with Crippen molar-refractivity contribution in [1.29, 1.82) is 0 Å². The van der Waals surface area contributed by atoms with Crippen molar-refractivity contribution >= 4 is 123 Å². The Bertz CT molecular complexity index is 3170. The van der Waals surface area contributed by atoms with Crippen molar-refractivity contribution in [2.75, 3.05) is 75.6 Å². The molecule has 4 N–H and O–H groups in total. The topological polar surface area (TPSA) is 196 Å². The number of nitrogens with zero attached hydrogens (tertiary/aromatic N) is 9. The Labute approximate surface area is 457 Å². The summed E-state index contributed by atoms with van der Waals surface area (Å²) in [5.74, 6) is 1.41. The van der Waals surface area contributed by atoms with Gasteiger partial charge in [-0.2, -0.15) is 0 Å². The van der Waals surface area contributed by atoms with Gasteiger partial charge in [0, 0.05) is 91.1 Å². The molecule has 7 aromatic rings. The minimum atomic E-state index is 0.00771. The number of nitrogens with one attached hydrogen (secondary N) is 4. The SMILES string of the molecule is CN1CCN(c2ccc(Nc3ncc4sc5c(c4n3)C3(CCCCC3)CNC5=O)nc2)CC1.CSc1ncc2sc3c(c2n1)C1(CCCCC1)CNC3=O.CSc1ncc2sc3c(c2n1)C1(CCCCC1)CNC3=O. The number of pyridine rings is 1. The lowest BCUT2D eigenvalue weighted by atomic mass is 9.68. The number of thiophene rings is 3. The summed E-state index contributed by atoms with van der Waals surface area (Å²) in [5.41, 5.74) is 7.89. The van der Waals surface area contributed by atoms with Gasteiger partial charge >= 0.3 is 0 Å². The zero-order valence-electron chi connectivity index (χ0n) is 42.8. The number of hydrogen-bond donors (Lipinski definition) is 4. The molecular formula is C54H63N13O3S5. The number of fused-ring (bicyclic) bond motifs is 12. The number of hydrogen-bond acceptors (Lipinski definition) is 18. The van der Waals surface area contributed by atoms with Gasteiger partial charge < -0.3 is 31.1 Å². The van der Waals surface area contributed by atoms with E-state index in [-0.39, 0.29) is 34.0 Å². The van der Waals surface area contributed by atoms with Gasteiger partial charge in [0.2, 0.25) is 5.95 Å². The number of aromatic nitrogens is 7. The summed E-state index contributed by atoms with van der Waals surface area (Å²) in [6, 6.07) is 4.09. The summed E-state index contributed by atoms with van der Waals surface area (Å²) in [6.45, 7) is 6.42. The Morgan fingerprint density at radius 3 is 1.33 bits per heavy atom. The largest absolute Gasteiger partial charge is 0.368 e. The van der Waals surface area contributed by atoms with Crippen molar-refractivity contribution in [3.05, 3.63) is 68.2 Å². The molecule has 14 rings (SSSR count). The Kier molecular flexibility index (Phi) is 14.2. The maximum atomic E-state index is 12.7. The molecule has 7 aromatic heterocycles. The Hall–Kier alpha value is -5.06. The first-order valence-corrected chi connectivity index (χ1v) is 31.5. The fourth-order valence-corrected chi connectivity index (χ4v) is 17.0. The van der Waals surface area contributed by atoms with Crippen LogP contribution in [0.4, 0.5) is 17.5 Å². The molecule has 0 unspecified atom stereocenters. The molecule has 11 heterocycles. The van der Waals surface area contributed by atoms with E-state index in [0.29, 0.717) is 12.5 Å². The zero-order valence-corrected chi connectivity index (χ0v) is 46.9. The molecule has 75 heavy (non-hydrogen) atoms. The van der Waals surface area contributed by atoms with Crippen molar-refractivity contribution in [2.24, 2.45) is 0 Å². The number of carbonyl (C=O) groups is 3. The number of anilines is 3. The predicted octanol–water partition coefficient (Wildman–Crippen LogP) is 10.2. The van der Waals surface area contributed by atoms with Gasteiger partial charge in [-0.3, -0.25) is 14.4 Å². The lowest BCUT2D eigenvalue weighted by Crippen LogP contribution is -2.47. The quantitative estimate of drug-likeness (QED) is 0.0938. The molecule has 0 atom stereocenters. The molecule has 3 spiro atoms. The van der Waals surface area contributed by atoms with Gasteiger partial charge in [0.25, 0.3) is 17.7 Å². The second-order valence-electron chi connectivity index (χ2n) is 21.4. The standard InChI is InChI=1S/C24H29N7OS.2C15H17N3OS2/c1-30-9-11-31(12-10-30)16-5-6-18(25-13-16)28-23-26-14-17-20(29-23)19-21(33-17)22(32)27-15-24(19)7-3-2-4-8-24;2*1-20-14-16-7-9-11(18-14)10-12(21-9)13(19)17-8-15(10)5-3-2-4-6-15/h5-6,13-14H,2-4,7-12,15H2,1H3,(H,27,32)(H,25,26,28,29);2*7H,2-6,8H2,1H3,(H,17,19). The average molecular weight is 1100 g/mol. The van der Waals surface area contributed by atoms with E-state index in [0.717, 1.165) is 150 Å². The summed E-state index contributed by atoms with van der Waals surface area (Å²) in [6.07, 6.45) is 29.6. The van der Waals surface area contributed by atoms with Crippen LogP contribution in [-0.2, 0) is 16.2 Å². The Morgan fingerprint density at radius 2 is 0.933 bits per heavy atom. The molecule has 16 nitrogen and oxygen atoms in total. The highest BCUT2D eigenvalue weighted by molar-refractivity contribution is 7.98. The third-order valence-electron chi connectivity index (χ3n) is 16.9. The second-order valence-corrected chi connectivity index (χ2v) is 26.1. The van der Waals surface area contributed by atoms with Crippen LogP contribution >= 0.6 is 57.5 Å². The molecule has 0 bridgehead atoms. The van der Waals surface area contributed by atoms with E-state index in [2.05, 4.69) is 64.1 Å². The second kappa shape index (κ2) is 21.1. The normalized spacial score (nSPS) is 20.6.